The summed E-state index contributed by atoms with van der Waals surface area (Å²) in [5, 5.41) is 5.12. The number of esters is 1. The Balaban J connectivity index is 1.49. The zero-order valence-electron chi connectivity index (χ0n) is 31.5. The van der Waals surface area contributed by atoms with E-state index < -0.39 is 30.1 Å². The minimum absolute atomic E-state index is 0.0127. The number of fused-ring (bicyclic) bond motifs is 2. The van der Waals surface area contributed by atoms with Crippen LogP contribution in [0.1, 0.15) is 65.5 Å². The minimum atomic E-state index is -0.754. The maximum absolute atomic E-state index is 14.4. The van der Waals surface area contributed by atoms with Crippen molar-refractivity contribution < 1.29 is 28.7 Å². The fourth-order valence-electron chi connectivity index (χ4n) is 8.76. The van der Waals surface area contributed by atoms with Crippen molar-refractivity contribution in [2.75, 3.05) is 39.7 Å². The summed E-state index contributed by atoms with van der Waals surface area (Å²) in [5.74, 6) is 1.09. The molecular weight excluding hydrogens is 634 g/mol. The fourth-order valence-corrected chi connectivity index (χ4v) is 8.76. The fraction of sp³-hybridized carbons (Fsp3) is 0.615. The summed E-state index contributed by atoms with van der Waals surface area (Å²) < 4.78 is 11.8. The molecule has 1 saturated heterocycles. The maximum atomic E-state index is 14.4. The molecule has 6 rings (SSSR count). The first-order chi connectivity index (χ1) is 23.6. The lowest BCUT2D eigenvalue weighted by molar-refractivity contribution is -0.175. The number of nitrogens with zero attached hydrogens (tertiary/aromatic N) is 3. The molecule has 274 valence electrons. The number of anilines is 1. The lowest BCUT2D eigenvalue weighted by Crippen LogP contribution is -2.62. The van der Waals surface area contributed by atoms with E-state index in [0.29, 0.717) is 30.0 Å². The van der Waals surface area contributed by atoms with Gasteiger partial charge in [-0.2, -0.15) is 5.06 Å². The van der Waals surface area contributed by atoms with E-state index in [-0.39, 0.29) is 36.4 Å². The highest BCUT2D eigenvalue weighted by molar-refractivity contribution is 5.83. The number of nitrogens with two attached hydrogens (primary N) is 1. The SMILES string of the molecule is COc1c(CN2O[C@@H](CN)[C@@H]([C@H](C)OC(C)=O)[C@H]2C(=O)N[C@H]2C[C@@H]3C[C@H]([C@@H]2C)C3(C)C)cccc1-c1cc(CN(C)C(C)=O)cc(N(C)C)c1. The number of benzene rings is 2. The van der Waals surface area contributed by atoms with Gasteiger partial charge in [0.2, 0.25) is 11.8 Å². The number of amides is 2. The molecule has 2 bridgehead atoms. The molecular formula is C39H57N5O6. The van der Waals surface area contributed by atoms with Crippen molar-refractivity contribution in [3.8, 4) is 16.9 Å². The Labute approximate surface area is 297 Å². The van der Waals surface area contributed by atoms with Crippen LogP contribution in [0.4, 0.5) is 5.69 Å². The molecule has 1 aliphatic heterocycles. The van der Waals surface area contributed by atoms with Crippen LogP contribution in [-0.4, -0.2) is 86.8 Å². The van der Waals surface area contributed by atoms with Crippen LogP contribution in [0.15, 0.2) is 36.4 Å². The van der Waals surface area contributed by atoms with E-state index in [1.807, 2.05) is 44.1 Å². The van der Waals surface area contributed by atoms with Crippen LogP contribution in [-0.2, 0) is 37.0 Å². The van der Waals surface area contributed by atoms with Gasteiger partial charge in [-0.05, 0) is 72.3 Å². The molecule has 8 atom stereocenters. The zero-order chi connectivity index (χ0) is 36.7. The van der Waals surface area contributed by atoms with Crippen molar-refractivity contribution in [3.63, 3.8) is 0 Å². The molecule has 0 spiro atoms. The van der Waals surface area contributed by atoms with Crippen LogP contribution in [0.3, 0.4) is 0 Å². The van der Waals surface area contributed by atoms with Gasteiger partial charge in [0, 0.05) is 70.9 Å². The van der Waals surface area contributed by atoms with E-state index >= 15 is 0 Å². The molecule has 2 amide bonds. The topological polar surface area (TPSA) is 127 Å². The van der Waals surface area contributed by atoms with Gasteiger partial charge in [0.25, 0.3) is 0 Å². The predicted molar refractivity (Wildman–Crippen MR) is 194 cm³/mol. The smallest absolute Gasteiger partial charge is 0.302 e. The Morgan fingerprint density at radius 2 is 1.84 bits per heavy atom. The van der Waals surface area contributed by atoms with Gasteiger partial charge in [-0.3, -0.25) is 19.2 Å². The van der Waals surface area contributed by atoms with Gasteiger partial charge in [-0.1, -0.05) is 39.0 Å². The molecule has 2 aromatic carbocycles. The van der Waals surface area contributed by atoms with Gasteiger partial charge in [0.05, 0.1) is 25.7 Å². The molecule has 3 aliphatic carbocycles. The van der Waals surface area contributed by atoms with Gasteiger partial charge in [-0.25, -0.2) is 0 Å². The van der Waals surface area contributed by atoms with E-state index in [1.165, 1.54) is 13.3 Å². The van der Waals surface area contributed by atoms with Crippen molar-refractivity contribution in [3.05, 3.63) is 47.5 Å². The number of hydrogen-bond donors (Lipinski definition) is 2. The van der Waals surface area contributed by atoms with E-state index in [0.717, 1.165) is 34.4 Å². The van der Waals surface area contributed by atoms with Crippen LogP contribution in [0, 0.1) is 29.1 Å². The number of rotatable bonds is 12. The van der Waals surface area contributed by atoms with Crippen LogP contribution in [0.5, 0.6) is 5.75 Å². The van der Waals surface area contributed by atoms with E-state index in [9.17, 15) is 14.4 Å². The number of methoxy groups -OCH3 is 1. The lowest BCUT2D eigenvalue weighted by atomic mass is 9.45. The largest absolute Gasteiger partial charge is 0.496 e. The average molecular weight is 692 g/mol. The Hall–Kier alpha value is -3.67. The number of carbonyl (C=O) groups is 3. The van der Waals surface area contributed by atoms with Crippen molar-refractivity contribution in [1.29, 1.82) is 0 Å². The van der Waals surface area contributed by atoms with Gasteiger partial charge in [-0.15, -0.1) is 0 Å². The third kappa shape index (κ3) is 7.36. The summed E-state index contributed by atoms with van der Waals surface area (Å²) in [4.78, 5) is 48.8. The molecule has 0 radical (unpaired) electrons. The van der Waals surface area contributed by atoms with Crippen molar-refractivity contribution in [2.45, 2.75) is 91.8 Å². The van der Waals surface area contributed by atoms with Crippen LogP contribution >= 0.6 is 0 Å². The molecule has 3 N–H and O–H groups in total. The summed E-state index contributed by atoms with van der Waals surface area (Å²) in [7, 11) is 7.40. The molecule has 0 unspecified atom stereocenters. The van der Waals surface area contributed by atoms with Crippen LogP contribution < -0.4 is 20.7 Å². The molecule has 4 fully saturated rings. The number of para-hydroxylation sites is 1. The first kappa shape index (κ1) is 37.6. The quantitative estimate of drug-likeness (QED) is 0.307. The Morgan fingerprint density at radius 1 is 1.12 bits per heavy atom. The summed E-state index contributed by atoms with van der Waals surface area (Å²) in [6, 6.07) is 11.5. The highest BCUT2D eigenvalue weighted by Crippen LogP contribution is 2.61. The van der Waals surface area contributed by atoms with Gasteiger partial charge >= 0.3 is 5.97 Å². The minimum Gasteiger partial charge on any atom is -0.496 e. The number of carbonyl (C=O) groups excluding carboxylic acids is 3. The maximum Gasteiger partial charge on any atom is 0.302 e. The van der Waals surface area contributed by atoms with Gasteiger partial charge in [0.15, 0.2) is 0 Å². The first-order valence-electron chi connectivity index (χ1n) is 17.9. The second kappa shape index (κ2) is 14.9. The van der Waals surface area contributed by atoms with E-state index in [4.69, 9.17) is 20.0 Å². The van der Waals surface area contributed by atoms with Crippen LogP contribution in [0.25, 0.3) is 11.1 Å². The Kier molecular flexibility index (Phi) is 11.2. The second-order valence-corrected chi connectivity index (χ2v) is 15.5. The average Bonchev–Trinajstić information content (AvgIpc) is 3.43. The molecule has 2 aromatic rings. The second-order valence-electron chi connectivity index (χ2n) is 15.5. The monoisotopic (exact) mass is 691 g/mol. The number of hydroxylamine groups is 2. The third-order valence-electron chi connectivity index (χ3n) is 11.8. The number of nitrogens with one attached hydrogen (secondary N) is 1. The standard InChI is InChI=1S/C39H57N5O6/c1-22-32-17-29(39(32,5)6)18-33(22)41-38(47)36-35(23(2)49-25(4)46)34(19-40)50-44(36)21-27-12-11-13-31(37(27)48-10)28-14-26(20-43(9)24(3)45)15-30(16-28)42(7)8/h11-16,22-23,29,32-36H,17-21,40H2,1-10H3,(H,41,47)/t22-,23-,29-,32+,33-,34-,35+,36-/m0/s1. The summed E-state index contributed by atoms with van der Waals surface area (Å²) in [5.41, 5.74) is 11.2. The number of ether oxygens (including phenoxy) is 2. The first-order valence-corrected chi connectivity index (χ1v) is 17.9. The predicted octanol–water partition coefficient (Wildman–Crippen LogP) is 4.60. The Bertz CT molecular complexity index is 1580. The molecule has 4 aliphatic rings. The molecule has 3 saturated carbocycles. The van der Waals surface area contributed by atoms with Crippen molar-refractivity contribution in [2.24, 2.45) is 34.8 Å². The molecule has 11 nitrogen and oxygen atoms in total. The summed E-state index contributed by atoms with van der Waals surface area (Å²) in [6.07, 6.45) is 1.01. The van der Waals surface area contributed by atoms with Gasteiger partial charge in [0.1, 0.15) is 17.9 Å². The molecule has 0 aromatic heterocycles. The molecule has 11 heteroatoms. The molecule has 1 heterocycles. The summed E-state index contributed by atoms with van der Waals surface area (Å²) in [6.45, 7) is 12.5. The normalized spacial score (nSPS) is 27.5. The number of hydrogen-bond acceptors (Lipinski definition) is 9. The third-order valence-corrected chi connectivity index (χ3v) is 11.8. The van der Waals surface area contributed by atoms with Crippen LogP contribution in [0.2, 0.25) is 0 Å². The van der Waals surface area contributed by atoms with Crippen molar-refractivity contribution in [1.82, 2.24) is 15.3 Å². The van der Waals surface area contributed by atoms with Gasteiger partial charge < -0.3 is 30.3 Å². The Morgan fingerprint density at radius 3 is 2.42 bits per heavy atom. The lowest BCUT2D eigenvalue weighted by Gasteiger charge is -2.62. The summed E-state index contributed by atoms with van der Waals surface area (Å²) >= 11 is 0. The van der Waals surface area contributed by atoms with E-state index in [2.05, 4.69) is 44.3 Å². The highest BCUT2D eigenvalue weighted by Gasteiger charge is 2.57. The van der Waals surface area contributed by atoms with E-state index in [1.54, 1.807) is 31.0 Å². The zero-order valence-corrected chi connectivity index (χ0v) is 31.5. The molecule has 50 heavy (non-hydrogen) atoms. The van der Waals surface area contributed by atoms with Crippen molar-refractivity contribution >= 4 is 23.5 Å². The highest BCUT2D eigenvalue weighted by atomic mass is 16.7.